The first kappa shape index (κ1) is 19.1. The fourth-order valence-electron chi connectivity index (χ4n) is 3.43. The quantitative estimate of drug-likeness (QED) is 0.669. The van der Waals surface area contributed by atoms with Crippen molar-refractivity contribution >= 4 is 11.7 Å². The van der Waals surface area contributed by atoms with Gasteiger partial charge in [-0.15, -0.1) is 0 Å². The molecule has 1 aliphatic heterocycles. The molecule has 4 rings (SSSR count). The lowest BCUT2D eigenvalue weighted by atomic mass is 10.2. The zero-order valence-electron chi connectivity index (χ0n) is 16.9. The standard InChI is InChI=1S/C22H26N6O/c1-25-13-15-27(16-14-25)21-10-6-9-20(23-21)22(29)26(2)17-18-11-12-28(24-18)19-7-4-3-5-8-19/h3-12H,13-17H2,1-2H3. The van der Waals surface area contributed by atoms with Crippen molar-refractivity contribution in [2.45, 2.75) is 6.54 Å². The molecule has 0 N–H and O–H groups in total. The van der Waals surface area contributed by atoms with E-state index in [1.807, 2.05) is 59.4 Å². The molecule has 0 atom stereocenters. The predicted molar refractivity (Wildman–Crippen MR) is 113 cm³/mol. The van der Waals surface area contributed by atoms with Crippen molar-refractivity contribution in [3.63, 3.8) is 0 Å². The maximum absolute atomic E-state index is 12.9. The molecule has 2 aromatic heterocycles. The van der Waals surface area contributed by atoms with E-state index in [4.69, 9.17) is 0 Å². The molecule has 1 fully saturated rings. The second-order valence-electron chi connectivity index (χ2n) is 7.42. The number of likely N-dealkylation sites (N-methyl/N-ethyl adjacent to an activating group) is 1. The molecule has 0 bridgehead atoms. The van der Waals surface area contributed by atoms with Gasteiger partial charge in [-0.3, -0.25) is 4.79 Å². The average molecular weight is 390 g/mol. The molecule has 0 unspecified atom stereocenters. The van der Waals surface area contributed by atoms with E-state index in [1.165, 1.54) is 0 Å². The van der Waals surface area contributed by atoms with Gasteiger partial charge >= 0.3 is 0 Å². The van der Waals surface area contributed by atoms with Gasteiger partial charge in [0.1, 0.15) is 11.5 Å². The van der Waals surface area contributed by atoms with Crippen LogP contribution in [0.1, 0.15) is 16.2 Å². The molecule has 1 aromatic carbocycles. The Morgan fingerprint density at radius 3 is 2.52 bits per heavy atom. The van der Waals surface area contributed by atoms with Gasteiger partial charge in [-0.1, -0.05) is 24.3 Å². The van der Waals surface area contributed by atoms with Crippen LogP contribution in [0.2, 0.25) is 0 Å². The molecule has 7 heteroatoms. The zero-order chi connectivity index (χ0) is 20.2. The summed E-state index contributed by atoms with van der Waals surface area (Å²) in [6, 6.07) is 17.5. The van der Waals surface area contributed by atoms with Crippen molar-refractivity contribution < 1.29 is 4.79 Å². The van der Waals surface area contributed by atoms with Gasteiger partial charge in [0.05, 0.1) is 17.9 Å². The number of rotatable bonds is 5. The van der Waals surface area contributed by atoms with Crippen LogP contribution in [0, 0.1) is 0 Å². The first-order valence-electron chi connectivity index (χ1n) is 9.86. The van der Waals surface area contributed by atoms with E-state index in [9.17, 15) is 4.79 Å². The Hall–Kier alpha value is -3.19. The highest BCUT2D eigenvalue weighted by Crippen LogP contribution is 2.15. The minimum absolute atomic E-state index is 0.102. The Morgan fingerprint density at radius 2 is 1.76 bits per heavy atom. The number of hydrogen-bond donors (Lipinski definition) is 0. The topological polar surface area (TPSA) is 57.5 Å². The number of pyridine rings is 1. The van der Waals surface area contributed by atoms with Gasteiger partial charge in [-0.05, 0) is 37.4 Å². The van der Waals surface area contributed by atoms with Crippen molar-refractivity contribution in [2.24, 2.45) is 0 Å². The number of aromatic nitrogens is 3. The first-order chi connectivity index (χ1) is 14.1. The number of nitrogens with zero attached hydrogens (tertiary/aromatic N) is 6. The number of benzene rings is 1. The number of amides is 1. The van der Waals surface area contributed by atoms with Crippen LogP contribution in [0.5, 0.6) is 0 Å². The van der Waals surface area contributed by atoms with Crippen LogP contribution in [0.3, 0.4) is 0 Å². The molecule has 0 radical (unpaired) electrons. The van der Waals surface area contributed by atoms with Gasteiger partial charge in [-0.2, -0.15) is 5.10 Å². The second kappa shape index (κ2) is 8.45. The number of para-hydroxylation sites is 1. The van der Waals surface area contributed by atoms with Crippen LogP contribution in [0.15, 0.2) is 60.8 Å². The Bertz CT molecular complexity index is 962. The number of hydrogen-bond acceptors (Lipinski definition) is 5. The molecular formula is C22H26N6O. The molecular weight excluding hydrogens is 364 g/mol. The van der Waals surface area contributed by atoms with Gasteiger partial charge in [0.25, 0.3) is 5.91 Å². The summed E-state index contributed by atoms with van der Waals surface area (Å²) in [5, 5.41) is 4.58. The Morgan fingerprint density at radius 1 is 1.00 bits per heavy atom. The highest BCUT2D eigenvalue weighted by atomic mass is 16.2. The summed E-state index contributed by atoms with van der Waals surface area (Å²) in [4.78, 5) is 23.7. The summed E-state index contributed by atoms with van der Waals surface area (Å²) in [5.41, 5.74) is 2.29. The van der Waals surface area contributed by atoms with E-state index in [0.29, 0.717) is 12.2 Å². The lowest BCUT2D eigenvalue weighted by Crippen LogP contribution is -2.45. The summed E-state index contributed by atoms with van der Waals surface area (Å²) < 4.78 is 1.82. The molecule has 3 heterocycles. The molecule has 0 saturated carbocycles. The number of carbonyl (C=O) groups excluding carboxylic acids is 1. The van der Waals surface area contributed by atoms with Gasteiger partial charge in [0, 0.05) is 39.4 Å². The van der Waals surface area contributed by atoms with Crippen molar-refractivity contribution in [2.75, 3.05) is 45.2 Å². The van der Waals surface area contributed by atoms with Gasteiger partial charge in [-0.25, -0.2) is 9.67 Å². The summed E-state index contributed by atoms with van der Waals surface area (Å²) in [6.07, 6.45) is 1.91. The molecule has 7 nitrogen and oxygen atoms in total. The number of carbonyl (C=O) groups is 1. The summed E-state index contributed by atoms with van der Waals surface area (Å²) >= 11 is 0. The Labute approximate surface area is 171 Å². The van der Waals surface area contributed by atoms with Gasteiger partial charge < -0.3 is 14.7 Å². The van der Waals surface area contributed by atoms with E-state index in [2.05, 4.69) is 26.9 Å². The van der Waals surface area contributed by atoms with Crippen LogP contribution in [0.25, 0.3) is 5.69 Å². The molecule has 29 heavy (non-hydrogen) atoms. The van der Waals surface area contributed by atoms with Crippen LogP contribution in [-0.2, 0) is 6.54 Å². The van der Waals surface area contributed by atoms with Gasteiger partial charge in [0.2, 0.25) is 0 Å². The van der Waals surface area contributed by atoms with Crippen LogP contribution < -0.4 is 4.90 Å². The lowest BCUT2D eigenvalue weighted by molar-refractivity contribution is 0.0777. The number of piperazine rings is 1. The highest BCUT2D eigenvalue weighted by molar-refractivity contribution is 5.92. The maximum atomic E-state index is 12.9. The van der Waals surface area contributed by atoms with E-state index < -0.39 is 0 Å². The zero-order valence-corrected chi connectivity index (χ0v) is 16.9. The molecule has 0 aliphatic carbocycles. The summed E-state index contributed by atoms with van der Waals surface area (Å²) in [7, 11) is 3.91. The van der Waals surface area contributed by atoms with E-state index in [1.54, 1.807) is 18.0 Å². The molecule has 1 saturated heterocycles. The fraction of sp³-hybridized carbons (Fsp3) is 0.318. The summed E-state index contributed by atoms with van der Waals surface area (Å²) in [6.45, 7) is 4.29. The van der Waals surface area contributed by atoms with E-state index in [0.717, 1.165) is 43.4 Å². The third kappa shape index (κ3) is 4.46. The summed E-state index contributed by atoms with van der Waals surface area (Å²) in [5.74, 6) is 0.765. The van der Waals surface area contributed by atoms with E-state index in [-0.39, 0.29) is 5.91 Å². The maximum Gasteiger partial charge on any atom is 0.272 e. The molecule has 0 spiro atoms. The van der Waals surface area contributed by atoms with Crippen LogP contribution in [-0.4, -0.2) is 70.7 Å². The minimum atomic E-state index is -0.102. The molecule has 1 amide bonds. The molecule has 150 valence electrons. The SMILES string of the molecule is CN1CCN(c2cccc(C(=O)N(C)Cc3ccn(-c4ccccc4)n3)n2)CC1. The first-order valence-corrected chi connectivity index (χ1v) is 9.86. The third-order valence-corrected chi connectivity index (χ3v) is 5.19. The smallest absolute Gasteiger partial charge is 0.272 e. The normalized spacial score (nSPS) is 14.8. The monoisotopic (exact) mass is 390 g/mol. The Balaban J connectivity index is 1.43. The molecule has 3 aromatic rings. The minimum Gasteiger partial charge on any atom is -0.354 e. The largest absolute Gasteiger partial charge is 0.354 e. The van der Waals surface area contributed by atoms with Crippen molar-refractivity contribution in [3.05, 3.63) is 72.2 Å². The van der Waals surface area contributed by atoms with Gasteiger partial charge in [0.15, 0.2) is 0 Å². The van der Waals surface area contributed by atoms with E-state index >= 15 is 0 Å². The van der Waals surface area contributed by atoms with Crippen molar-refractivity contribution in [1.29, 1.82) is 0 Å². The third-order valence-electron chi connectivity index (χ3n) is 5.19. The molecule has 1 aliphatic rings. The lowest BCUT2D eigenvalue weighted by Gasteiger charge is -2.33. The highest BCUT2D eigenvalue weighted by Gasteiger charge is 2.19. The van der Waals surface area contributed by atoms with Crippen molar-refractivity contribution in [1.82, 2.24) is 24.6 Å². The second-order valence-corrected chi connectivity index (χ2v) is 7.42. The fourth-order valence-corrected chi connectivity index (χ4v) is 3.43. The Kier molecular flexibility index (Phi) is 5.57. The average Bonchev–Trinajstić information content (AvgIpc) is 3.23. The number of anilines is 1. The predicted octanol–water partition coefficient (Wildman–Crippen LogP) is 2.29. The van der Waals surface area contributed by atoms with Crippen LogP contribution >= 0.6 is 0 Å². The van der Waals surface area contributed by atoms with Crippen molar-refractivity contribution in [3.8, 4) is 5.69 Å². The van der Waals surface area contributed by atoms with Crippen LogP contribution in [0.4, 0.5) is 5.82 Å².